The molecule has 1 N–H and O–H groups in total. The highest BCUT2D eigenvalue weighted by atomic mass is 35.5. The van der Waals surface area contributed by atoms with Crippen LogP contribution in [-0.4, -0.2) is 16.6 Å². The van der Waals surface area contributed by atoms with Gasteiger partial charge in [0.1, 0.15) is 16.9 Å². The lowest BCUT2D eigenvalue weighted by atomic mass is 10.1. The highest BCUT2D eigenvalue weighted by Crippen LogP contribution is 2.24. The largest absolute Gasteiger partial charge is 0.325 e. The lowest BCUT2D eigenvalue weighted by Gasteiger charge is -2.08. The SMILES string of the molecule is Cc1cc(C)c(C#N)c(SCC(=O)Nc2ccc(F)c(Cl)c2)n1. The van der Waals surface area contributed by atoms with E-state index < -0.39 is 5.82 Å². The number of amides is 1. The fourth-order valence-corrected chi connectivity index (χ4v) is 3.03. The van der Waals surface area contributed by atoms with E-state index in [0.717, 1.165) is 11.3 Å². The number of thioether (sulfide) groups is 1. The van der Waals surface area contributed by atoms with E-state index in [0.29, 0.717) is 16.3 Å². The van der Waals surface area contributed by atoms with Gasteiger partial charge in [-0.2, -0.15) is 5.26 Å². The Morgan fingerprint density at radius 2 is 2.17 bits per heavy atom. The summed E-state index contributed by atoms with van der Waals surface area (Å²) in [7, 11) is 0. The molecule has 0 aliphatic carbocycles. The molecule has 2 aromatic rings. The third-order valence-corrected chi connectivity index (χ3v) is 4.23. The first-order chi connectivity index (χ1) is 10.9. The summed E-state index contributed by atoms with van der Waals surface area (Å²) in [5.41, 5.74) is 2.50. The predicted molar refractivity (Wildman–Crippen MR) is 89.2 cm³/mol. The van der Waals surface area contributed by atoms with Gasteiger partial charge in [-0.05, 0) is 43.7 Å². The number of anilines is 1. The summed E-state index contributed by atoms with van der Waals surface area (Å²) in [6.07, 6.45) is 0. The molecule has 0 fully saturated rings. The van der Waals surface area contributed by atoms with Crippen molar-refractivity contribution in [2.45, 2.75) is 18.9 Å². The van der Waals surface area contributed by atoms with Crippen LogP contribution in [0.2, 0.25) is 5.02 Å². The molecule has 0 atom stereocenters. The molecule has 1 aromatic carbocycles. The maximum atomic E-state index is 13.1. The monoisotopic (exact) mass is 349 g/mol. The van der Waals surface area contributed by atoms with E-state index in [-0.39, 0.29) is 16.7 Å². The smallest absolute Gasteiger partial charge is 0.234 e. The summed E-state index contributed by atoms with van der Waals surface area (Å²) >= 11 is 6.85. The molecule has 7 heteroatoms. The number of pyridine rings is 1. The Morgan fingerprint density at radius 1 is 1.43 bits per heavy atom. The minimum atomic E-state index is -0.544. The molecule has 4 nitrogen and oxygen atoms in total. The fourth-order valence-electron chi connectivity index (χ4n) is 1.95. The Hall–Kier alpha value is -2.10. The lowest BCUT2D eigenvalue weighted by Crippen LogP contribution is -2.14. The van der Waals surface area contributed by atoms with Crippen LogP contribution in [-0.2, 0) is 4.79 Å². The van der Waals surface area contributed by atoms with Gasteiger partial charge < -0.3 is 5.32 Å². The highest BCUT2D eigenvalue weighted by Gasteiger charge is 2.12. The zero-order valence-electron chi connectivity index (χ0n) is 12.5. The van der Waals surface area contributed by atoms with Crippen molar-refractivity contribution in [3.05, 3.63) is 51.9 Å². The van der Waals surface area contributed by atoms with Crippen LogP contribution in [0.1, 0.15) is 16.8 Å². The van der Waals surface area contributed by atoms with Crippen LogP contribution in [0.5, 0.6) is 0 Å². The molecule has 0 aliphatic rings. The fraction of sp³-hybridized carbons (Fsp3) is 0.188. The van der Waals surface area contributed by atoms with Gasteiger partial charge >= 0.3 is 0 Å². The normalized spacial score (nSPS) is 10.2. The Morgan fingerprint density at radius 3 is 2.83 bits per heavy atom. The molecule has 0 saturated heterocycles. The molecule has 118 valence electrons. The number of aryl methyl sites for hydroxylation is 2. The molecule has 1 heterocycles. The van der Waals surface area contributed by atoms with Crippen molar-refractivity contribution in [3.8, 4) is 6.07 Å². The maximum Gasteiger partial charge on any atom is 0.234 e. The topological polar surface area (TPSA) is 65.8 Å². The molecule has 23 heavy (non-hydrogen) atoms. The average Bonchev–Trinajstić information content (AvgIpc) is 2.48. The zero-order chi connectivity index (χ0) is 17.0. The minimum Gasteiger partial charge on any atom is -0.325 e. The Balaban J connectivity index is 2.05. The molecule has 0 unspecified atom stereocenters. The van der Waals surface area contributed by atoms with Crippen LogP contribution >= 0.6 is 23.4 Å². The number of nitriles is 1. The maximum absolute atomic E-state index is 13.1. The first-order valence-corrected chi connectivity index (χ1v) is 8.03. The number of hydrogen-bond donors (Lipinski definition) is 1. The van der Waals surface area contributed by atoms with Crippen LogP contribution in [0.25, 0.3) is 0 Å². The van der Waals surface area contributed by atoms with Crippen LogP contribution in [0.3, 0.4) is 0 Å². The summed E-state index contributed by atoms with van der Waals surface area (Å²) in [6, 6.07) is 7.88. The minimum absolute atomic E-state index is 0.0572. The molecule has 0 radical (unpaired) electrons. The second kappa shape index (κ2) is 7.44. The van der Waals surface area contributed by atoms with Gasteiger partial charge in [0.25, 0.3) is 0 Å². The van der Waals surface area contributed by atoms with Crippen molar-refractivity contribution in [2.75, 3.05) is 11.1 Å². The number of carbonyl (C=O) groups excluding carboxylic acids is 1. The van der Waals surface area contributed by atoms with Crippen LogP contribution < -0.4 is 5.32 Å². The average molecular weight is 350 g/mol. The molecule has 1 amide bonds. The third-order valence-electron chi connectivity index (χ3n) is 2.97. The summed E-state index contributed by atoms with van der Waals surface area (Å²) in [5.74, 6) is -0.751. The second-order valence-electron chi connectivity index (χ2n) is 4.84. The Labute approximate surface area is 142 Å². The Kier molecular flexibility index (Phi) is 5.59. The molecule has 0 spiro atoms. The number of benzene rings is 1. The second-order valence-corrected chi connectivity index (χ2v) is 6.21. The van der Waals surface area contributed by atoms with Gasteiger partial charge in [0.2, 0.25) is 5.91 Å². The molecular formula is C16H13ClFN3OS. The first kappa shape index (κ1) is 17.3. The van der Waals surface area contributed by atoms with Gasteiger partial charge in [-0.3, -0.25) is 4.79 Å². The first-order valence-electron chi connectivity index (χ1n) is 6.66. The van der Waals surface area contributed by atoms with Crippen molar-refractivity contribution in [3.63, 3.8) is 0 Å². The summed E-state index contributed by atoms with van der Waals surface area (Å²) < 4.78 is 13.1. The number of halogens is 2. The summed E-state index contributed by atoms with van der Waals surface area (Å²) in [6.45, 7) is 3.66. The molecule has 1 aromatic heterocycles. The van der Waals surface area contributed by atoms with Crippen molar-refractivity contribution in [2.24, 2.45) is 0 Å². The van der Waals surface area contributed by atoms with Crippen LogP contribution in [0.15, 0.2) is 29.3 Å². The summed E-state index contributed by atoms with van der Waals surface area (Å²) in [5, 5.41) is 12.3. The number of nitrogens with one attached hydrogen (secondary N) is 1. The quantitative estimate of drug-likeness (QED) is 0.844. The molecule has 0 saturated carbocycles. The van der Waals surface area contributed by atoms with Gasteiger partial charge in [0, 0.05) is 11.4 Å². The van der Waals surface area contributed by atoms with Crippen molar-refractivity contribution >= 4 is 35.0 Å². The zero-order valence-corrected chi connectivity index (χ0v) is 14.1. The summed E-state index contributed by atoms with van der Waals surface area (Å²) in [4.78, 5) is 16.3. The number of carbonyl (C=O) groups is 1. The van der Waals surface area contributed by atoms with E-state index >= 15 is 0 Å². The van der Waals surface area contributed by atoms with Crippen molar-refractivity contribution in [1.29, 1.82) is 5.26 Å². The van der Waals surface area contributed by atoms with E-state index in [1.54, 1.807) is 0 Å². The van der Waals surface area contributed by atoms with Gasteiger partial charge in [-0.1, -0.05) is 23.4 Å². The Bertz CT molecular complexity index is 805. The lowest BCUT2D eigenvalue weighted by molar-refractivity contribution is -0.113. The molecular weight excluding hydrogens is 337 g/mol. The van der Waals surface area contributed by atoms with E-state index in [9.17, 15) is 14.4 Å². The van der Waals surface area contributed by atoms with E-state index in [4.69, 9.17) is 11.6 Å². The van der Waals surface area contributed by atoms with Crippen LogP contribution in [0.4, 0.5) is 10.1 Å². The van der Waals surface area contributed by atoms with E-state index in [2.05, 4.69) is 16.4 Å². The standard InChI is InChI=1S/C16H13ClFN3OS/c1-9-5-10(2)20-16(12(9)7-19)23-8-15(22)21-11-3-4-14(18)13(17)6-11/h3-6H,8H2,1-2H3,(H,21,22). The highest BCUT2D eigenvalue weighted by molar-refractivity contribution is 8.00. The number of hydrogen-bond acceptors (Lipinski definition) is 4. The number of aromatic nitrogens is 1. The van der Waals surface area contributed by atoms with Gasteiger partial charge in [0.15, 0.2) is 0 Å². The van der Waals surface area contributed by atoms with Crippen LogP contribution in [0, 0.1) is 31.0 Å². The number of nitrogens with zero attached hydrogens (tertiary/aromatic N) is 2. The van der Waals surface area contributed by atoms with Gasteiger partial charge in [-0.15, -0.1) is 0 Å². The number of rotatable bonds is 4. The van der Waals surface area contributed by atoms with E-state index in [1.807, 2.05) is 19.9 Å². The van der Waals surface area contributed by atoms with Gasteiger partial charge in [-0.25, -0.2) is 9.37 Å². The molecule has 2 rings (SSSR count). The van der Waals surface area contributed by atoms with Crippen molar-refractivity contribution < 1.29 is 9.18 Å². The van der Waals surface area contributed by atoms with Crippen molar-refractivity contribution in [1.82, 2.24) is 4.98 Å². The predicted octanol–water partition coefficient (Wildman–Crippen LogP) is 4.09. The van der Waals surface area contributed by atoms with E-state index in [1.165, 1.54) is 30.0 Å². The molecule has 0 aliphatic heterocycles. The molecule has 0 bridgehead atoms. The third kappa shape index (κ3) is 4.44. The van der Waals surface area contributed by atoms with Gasteiger partial charge in [0.05, 0.1) is 16.3 Å².